The van der Waals surface area contributed by atoms with Crippen LogP contribution in [0.4, 0.5) is 0 Å². The van der Waals surface area contributed by atoms with E-state index in [-0.39, 0.29) is 12.4 Å². The van der Waals surface area contributed by atoms with Crippen LogP contribution in [-0.4, -0.2) is 10.9 Å². The van der Waals surface area contributed by atoms with E-state index >= 15 is 0 Å². The van der Waals surface area contributed by atoms with E-state index in [4.69, 9.17) is 0 Å². The molecule has 1 atom stereocenters. The summed E-state index contributed by atoms with van der Waals surface area (Å²) in [5.74, 6) is 1.51. The molecule has 0 aliphatic rings. The van der Waals surface area contributed by atoms with Crippen molar-refractivity contribution >= 4 is 25.0 Å². The summed E-state index contributed by atoms with van der Waals surface area (Å²) in [5.41, 5.74) is 2.54. The van der Waals surface area contributed by atoms with Crippen LogP contribution in [-0.2, 0) is 6.42 Å². The standard InChI is InChI=1S/C15H16OS.ClH/c16-15-8-6-13(7-9-15)14(11-17)10-12-4-2-1-3-5-12;/h1-9,14,16-17H,10-11H2;1H. The van der Waals surface area contributed by atoms with Crippen LogP contribution in [0.1, 0.15) is 17.0 Å². The van der Waals surface area contributed by atoms with E-state index in [9.17, 15) is 5.11 Å². The molecule has 18 heavy (non-hydrogen) atoms. The monoisotopic (exact) mass is 280 g/mol. The lowest BCUT2D eigenvalue weighted by Crippen LogP contribution is -2.04. The van der Waals surface area contributed by atoms with Gasteiger partial charge in [-0.3, -0.25) is 0 Å². The lowest BCUT2D eigenvalue weighted by atomic mass is 9.93. The molecule has 0 saturated carbocycles. The maximum atomic E-state index is 9.28. The van der Waals surface area contributed by atoms with Gasteiger partial charge in [0.15, 0.2) is 0 Å². The van der Waals surface area contributed by atoms with Crippen molar-refractivity contribution in [1.29, 1.82) is 0 Å². The minimum atomic E-state index is 0. The first-order chi connectivity index (χ1) is 8.29. The Hall–Kier alpha value is -1.12. The summed E-state index contributed by atoms with van der Waals surface area (Å²) < 4.78 is 0. The maximum absolute atomic E-state index is 9.28. The molecule has 3 heteroatoms. The number of phenolic OH excluding ortho intramolecular Hbond substituents is 1. The predicted octanol–water partition coefficient (Wildman–Crippen LogP) is 4.07. The van der Waals surface area contributed by atoms with Crippen molar-refractivity contribution < 1.29 is 5.11 Å². The zero-order valence-electron chi connectivity index (χ0n) is 9.99. The summed E-state index contributed by atoms with van der Waals surface area (Å²) >= 11 is 4.42. The molecule has 2 rings (SSSR count). The molecule has 0 aromatic heterocycles. The van der Waals surface area contributed by atoms with E-state index in [0.29, 0.717) is 11.7 Å². The maximum Gasteiger partial charge on any atom is 0.115 e. The molecule has 0 fully saturated rings. The number of benzene rings is 2. The van der Waals surface area contributed by atoms with Gasteiger partial charge in [-0.05, 0) is 41.4 Å². The van der Waals surface area contributed by atoms with Crippen molar-refractivity contribution in [2.45, 2.75) is 12.3 Å². The molecule has 0 amide bonds. The first-order valence-corrected chi connectivity index (χ1v) is 6.36. The van der Waals surface area contributed by atoms with Gasteiger partial charge in [-0.25, -0.2) is 0 Å². The fourth-order valence-corrected chi connectivity index (χ4v) is 2.27. The third-order valence-corrected chi connectivity index (χ3v) is 3.35. The Morgan fingerprint density at radius 1 is 0.944 bits per heavy atom. The molecule has 0 radical (unpaired) electrons. The van der Waals surface area contributed by atoms with Crippen LogP contribution >= 0.6 is 25.0 Å². The molecule has 1 nitrogen and oxygen atoms in total. The van der Waals surface area contributed by atoms with Gasteiger partial charge in [0.2, 0.25) is 0 Å². The van der Waals surface area contributed by atoms with Crippen LogP contribution in [0.2, 0.25) is 0 Å². The lowest BCUT2D eigenvalue weighted by Gasteiger charge is -2.15. The zero-order valence-corrected chi connectivity index (χ0v) is 11.7. The summed E-state index contributed by atoms with van der Waals surface area (Å²) in [6.45, 7) is 0. The smallest absolute Gasteiger partial charge is 0.115 e. The zero-order chi connectivity index (χ0) is 12.1. The largest absolute Gasteiger partial charge is 0.508 e. The second-order valence-electron chi connectivity index (χ2n) is 4.16. The van der Waals surface area contributed by atoms with Crippen molar-refractivity contribution in [2.24, 2.45) is 0 Å². The molecule has 0 spiro atoms. The van der Waals surface area contributed by atoms with Crippen molar-refractivity contribution in [2.75, 3.05) is 5.75 Å². The third kappa shape index (κ3) is 3.97. The molecular formula is C15H17ClOS. The highest BCUT2D eigenvalue weighted by atomic mass is 35.5. The SMILES string of the molecule is Cl.Oc1ccc(C(CS)Cc2ccccc2)cc1. The Balaban J connectivity index is 0.00000162. The van der Waals surface area contributed by atoms with Gasteiger partial charge in [-0.1, -0.05) is 42.5 Å². The third-order valence-electron chi connectivity index (χ3n) is 2.91. The Labute approximate surface area is 120 Å². The van der Waals surface area contributed by atoms with Gasteiger partial charge in [0.05, 0.1) is 0 Å². The molecule has 0 saturated heterocycles. The van der Waals surface area contributed by atoms with Crippen molar-refractivity contribution in [3.8, 4) is 5.75 Å². The van der Waals surface area contributed by atoms with E-state index < -0.39 is 0 Å². The Morgan fingerprint density at radius 3 is 2.11 bits per heavy atom. The van der Waals surface area contributed by atoms with Crippen molar-refractivity contribution in [1.82, 2.24) is 0 Å². The highest BCUT2D eigenvalue weighted by Crippen LogP contribution is 2.23. The first kappa shape index (κ1) is 14.9. The number of aromatic hydroxyl groups is 1. The summed E-state index contributed by atoms with van der Waals surface area (Å²) in [5, 5.41) is 9.28. The molecule has 2 aromatic carbocycles. The topological polar surface area (TPSA) is 20.2 Å². The minimum absolute atomic E-state index is 0. The second-order valence-corrected chi connectivity index (χ2v) is 4.53. The average molecular weight is 281 g/mol. The average Bonchev–Trinajstić information content (AvgIpc) is 2.38. The molecule has 0 bridgehead atoms. The summed E-state index contributed by atoms with van der Waals surface area (Å²) in [6, 6.07) is 17.8. The molecule has 2 aromatic rings. The van der Waals surface area contributed by atoms with Gasteiger partial charge in [0.1, 0.15) is 5.75 Å². The van der Waals surface area contributed by atoms with Crippen LogP contribution in [0, 0.1) is 0 Å². The molecule has 1 unspecified atom stereocenters. The van der Waals surface area contributed by atoms with Gasteiger partial charge >= 0.3 is 0 Å². The normalized spacial score (nSPS) is 11.6. The quantitative estimate of drug-likeness (QED) is 0.809. The summed E-state index contributed by atoms with van der Waals surface area (Å²) in [4.78, 5) is 0. The number of phenols is 1. The lowest BCUT2D eigenvalue weighted by molar-refractivity contribution is 0.475. The van der Waals surface area contributed by atoms with Crippen molar-refractivity contribution in [3.05, 3.63) is 65.7 Å². The number of thiol groups is 1. The molecular weight excluding hydrogens is 264 g/mol. The Kier molecular flexibility index (Phi) is 6.10. The van der Waals surface area contributed by atoms with Gasteiger partial charge < -0.3 is 5.11 Å². The number of hydrogen-bond acceptors (Lipinski definition) is 2. The minimum Gasteiger partial charge on any atom is -0.508 e. The van der Waals surface area contributed by atoms with Gasteiger partial charge in [0, 0.05) is 0 Å². The van der Waals surface area contributed by atoms with Crippen LogP contribution in [0.5, 0.6) is 5.75 Å². The van der Waals surface area contributed by atoms with E-state index in [0.717, 1.165) is 12.2 Å². The molecule has 0 aliphatic carbocycles. The predicted molar refractivity (Wildman–Crippen MR) is 82.1 cm³/mol. The highest BCUT2D eigenvalue weighted by molar-refractivity contribution is 7.80. The number of rotatable bonds is 4. The van der Waals surface area contributed by atoms with Gasteiger partial charge in [-0.15, -0.1) is 12.4 Å². The molecule has 0 aliphatic heterocycles. The summed E-state index contributed by atoms with van der Waals surface area (Å²) in [7, 11) is 0. The first-order valence-electron chi connectivity index (χ1n) is 5.73. The number of hydrogen-bond donors (Lipinski definition) is 2. The van der Waals surface area contributed by atoms with Crippen LogP contribution < -0.4 is 0 Å². The van der Waals surface area contributed by atoms with Crippen LogP contribution in [0.15, 0.2) is 54.6 Å². The molecule has 0 heterocycles. The van der Waals surface area contributed by atoms with E-state index in [1.54, 1.807) is 12.1 Å². The van der Waals surface area contributed by atoms with E-state index in [2.05, 4.69) is 36.9 Å². The molecule has 96 valence electrons. The fraction of sp³-hybridized carbons (Fsp3) is 0.200. The Morgan fingerprint density at radius 2 is 1.56 bits per heavy atom. The van der Waals surface area contributed by atoms with Gasteiger partial charge in [0.25, 0.3) is 0 Å². The van der Waals surface area contributed by atoms with Gasteiger partial charge in [-0.2, -0.15) is 12.6 Å². The fourth-order valence-electron chi connectivity index (χ4n) is 1.93. The van der Waals surface area contributed by atoms with Crippen molar-refractivity contribution in [3.63, 3.8) is 0 Å². The highest BCUT2D eigenvalue weighted by Gasteiger charge is 2.10. The Bertz CT molecular complexity index is 456. The molecule has 1 N–H and O–H groups in total. The van der Waals surface area contributed by atoms with Crippen LogP contribution in [0.25, 0.3) is 0 Å². The van der Waals surface area contributed by atoms with Crippen LogP contribution in [0.3, 0.4) is 0 Å². The summed E-state index contributed by atoms with van der Waals surface area (Å²) in [6.07, 6.45) is 0.981. The second kappa shape index (κ2) is 7.34. The van der Waals surface area contributed by atoms with E-state index in [1.807, 2.05) is 18.2 Å². The number of halogens is 1. The van der Waals surface area contributed by atoms with E-state index in [1.165, 1.54) is 11.1 Å².